The first-order chi connectivity index (χ1) is 10.2. The third-order valence-electron chi connectivity index (χ3n) is 3.88. The molecule has 0 fully saturated rings. The Morgan fingerprint density at radius 2 is 2.10 bits per heavy atom. The molecule has 5 heteroatoms. The SMILES string of the molecule is NC(c1ccc2c(c1)C(=O)NCC2)c1cc2sccc2s1. The van der Waals surface area contributed by atoms with Gasteiger partial charge in [0.1, 0.15) is 0 Å². The number of hydrogen-bond donors (Lipinski definition) is 2. The lowest BCUT2D eigenvalue weighted by Crippen LogP contribution is -2.32. The molecule has 1 amide bonds. The number of thiophene rings is 2. The van der Waals surface area contributed by atoms with Crippen molar-refractivity contribution < 1.29 is 4.79 Å². The normalized spacial score (nSPS) is 15.8. The number of rotatable bonds is 2. The van der Waals surface area contributed by atoms with Crippen LogP contribution in [0.2, 0.25) is 0 Å². The highest BCUT2D eigenvalue weighted by atomic mass is 32.1. The summed E-state index contributed by atoms with van der Waals surface area (Å²) in [6, 6.07) is 10.2. The maximum atomic E-state index is 11.9. The van der Waals surface area contributed by atoms with Crippen molar-refractivity contribution in [2.24, 2.45) is 5.73 Å². The van der Waals surface area contributed by atoms with Gasteiger partial charge < -0.3 is 11.1 Å². The van der Waals surface area contributed by atoms with Crippen LogP contribution in [0.1, 0.15) is 32.4 Å². The maximum Gasteiger partial charge on any atom is 0.251 e. The van der Waals surface area contributed by atoms with Crippen molar-refractivity contribution in [2.75, 3.05) is 6.54 Å². The molecule has 0 spiro atoms. The Morgan fingerprint density at radius 1 is 1.19 bits per heavy atom. The molecule has 0 saturated heterocycles. The van der Waals surface area contributed by atoms with Gasteiger partial charge >= 0.3 is 0 Å². The quantitative estimate of drug-likeness (QED) is 0.762. The lowest BCUT2D eigenvalue weighted by molar-refractivity contribution is 0.0946. The lowest BCUT2D eigenvalue weighted by atomic mass is 9.95. The monoisotopic (exact) mass is 314 g/mol. The second kappa shape index (κ2) is 4.94. The van der Waals surface area contributed by atoms with Crippen molar-refractivity contribution in [1.29, 1.82) is 0 Å². The topological polar surface area (TPSA) is 55.1 Å². The Labute approximate surface area is 130 Å². The Morgan fingerprint density at radius 3 is 2.95 bits per heavy atom. The Bertz CT molecular complexity index is 805. The molecule has 3 heterocycles. The first kappa shape index (κ1) is 13.0. The predicted molar refractivity (Wildman–Crippen MR) is 88.2 cm³/mol. The molecule has 0 saturated carbocycles. The molecular weight excluding hydrogens is 300 g/mol. The minimum atomic E-state index is -0.172. The number of carbonyl (C=O) groups excluding carboxylic acids is 1. The fraction of sp³-hybridized carbons (Fsp3) is 0.188. The lowest BCUT2D eigenvalue weighted by Gasteiger charge is -2.19. The van der Waals surface area contributed by atoms with Crippen LogP contribution in [0.25, 0.3) is 9.40 Å². The fourth-order valence-electron chi connectivity index (χ4n) is 2.72. The predicted octanol–water partition coefficient (Wildman–Crippen LogP) is 3.30. The molecule has 3 N–H and O–H groups in total. The van der Waals surface area contributed by atoms with Crippen LogP contribution in [0.3, 0.4) is 0 Å². The minimum absolute atomic E-state index is 0.0115. The molecule has 4 rings (SSSR count). The van der Waals surface area contributed by atoms with E-state index in [1.165, 1.54) is 9.40 Å². The second-order valence-corrected chi connectivity index (χ2v) is 7.26. The van der Waals surface area contributed by atoms with Crippen LogP contribution in [0, 0.1) is 0 Å². The molecule has 21 heavy (non-hydrogen) atoms. The summed E-state index contributed by atoms with van der Waals surface area (Å²) in [6.07, 6.45) is 0.894. The van der Waals surface area contributed by atoms with E-state index < -0.39 is 0 Å². The van der Waals surface area contributed by atoms with E-state index in [2.05, 4.69) is 28.9 Å². The zero-order valence-corrected chi connectivity index (χ0v) is 12.9. The number of hydrogen-bond acceptors (Lipinski definition) is 4. The zero-order valence-electron chi connectivity index (χ0n) is 11.3. The van der Waals surface area contributed by atoms with E-state index in [9.17, 15) is 4.79 Å². The van der Waals surface area contributed by atoms with Crippen molar-refractivity contribution in [3.8, 4) is 0 Å². The highest BCUT2D eigenvalue weighted by Crippen LogP contribution is 2.35. The number of benzene rings is 1. The van der Waals surface area contributed by atoms with Gasteiger partial charge in [-0.15, -0.1) is 22.7 Å². The molecule has 0 radical (unpaired) electrons. The van der Waals surface area contributed by atoms with E-state index in [0.29, 0.717) is 0 Å². The first-order valence-corrected chi connectivity index (χ1v) is 8.55. The number of carbonyl (C=O) groups is 1. The number of nitrogens with two attached hydrogens (primary N) is 1. The minimum Gasteiger partial charge on any atom is -0.352 e. The van der Waals surface area contributed by atoms with Crippen LogP contribution in [0.4, 0.5) is 0 Å². The molecule has 2 aromatic heterocycles. The molecule has 3 aromatic rings. The molecule has 1 aromatic carbocycles. The Balaban J connectivity index is 1.74. The van der Waals surface area contributed by atoms with E-state index in [0.717, 1.165) is 34.5 Å². The van der Waals surface area contributed by atoms with Gasteiger partial charge in [0.15, 0.2) is 0 Å². The van der Waals surface area contributed by atoms with Gasteiger partial charge in [-0.2, -0.15) is 0 Å². The van der Waals surface area contributed by atoms with Crippen molar-refractivity contribution in [3.63, 3.8) is 0 Å². The first-order valence-electron chi connectivity index (χ1n) is 6.86. The van der Waals surface area contributed by atoms with E-state index in [4.69, 9.17) is 5.73 Å². The Hall–Kier alpha value is -1.69. The molecule has 1 aliphatic heterocycles. The summed E-state index contributed by atoms with van der Waals surface area (Å²) in [4.78, 5) is 13.1. The molecular formula is C16H14N2OS2. The summed E-state index contributed by atoms with van der Waals surface area (Å²) >= 11 is 3.46. The van der Waals surface area contributed by atoms with Crippen LogP contribution >= 0.6 is 22.7 Å². The summed E-state index contributed by atoms with van der Waals surface area (Å²) in [7, 11) is 0. The number of nitrogens with one attached hydrogen (secondary N) is 1. The maximum absolute atomic E-state index is 11.9. The van der Waals surface area contributed by atoms with E-state index in [1.54, 1.807) is 22.7 Å². The molecule has 1 unspecified atom stereocenters. The standard InChI is InChI=1S/C16H14N2OS2/c17-15(14-8-13-12(21-14)4-6-20-13)10-2-1-9-3-5-18-16(19)11(9)7-10/h1-2,4,6-8,15H,3,5,17H2,(H,18,19). The summed E-state index contributed by atoms with van der Waals surface area (Å²) in [6.45, 7) is 0.721. The molecule has 1 aliphatic rings. The van der Waals surface area contributed by atoms with E-state index in [1.807, 2.05) is 12.1 Å². The van der Waals surface area contributed by atoms with Crippen molar-refractivity contribution in [3.05, 3.63) is 57.3 Å². The van der Waals surface area contributed by atoms with E-state index in [-0.39, 0.29) is 11.9 Å². The fourth-order valence-corrected chi connectivity index (χ4v) is 4.87. The van der Waals surface area contributed by atoms with Gasteiger partial charge in [-0.25, -0.2) is 0 Å². The summed E-state index contributed by atoms with van der Waals surface area (Å²) < 4.78 is 2.56. The second-order valence-electron chi connectivity index (χ2n) is 5.20. The summed E-state index contributed by atoms with van der Waals surface area (Å²) in [5.74, 6) is 0.0115. The molecule has 106 valence electrons. The molecule has 3 nitrogen and oxygen atoms in total. The van der Waals surface area contributed by atoms with Crippen LogP contribution in [0.15, 0.2) is 35.7 Å². The van der Waals surface area contributed by atoms with E-state index >= 15 is 0 Å². The largest absolute Gasteiger partial charge is 0.352 e. The van der Waals surface area contributed by atoms with Crippen molar-refractivity contribution in [1.82, 2.24) is 5.32 Å². The average Bonchev–Trinajstić information content (AvgIpc) is 3.08. The van der Waals surface area contributed by atoms with Gasteiger partial charge in [0.2, 0.25) is 0 Å². The third kappa shape index (κ3) is 2.18. The summed E-state index contributed by atoms with van der Waals surface area (Å²) in [5.41, 5.74) is 9.28. The van der Waals surface area contributed by atoms with Gasteiger partial charge in [-0.1, -0.05) is 12.1 Å². The number of fused-ring (bicyclic) bond motifs is 2. The molecule has 1 atom stereocenters. The summed E-state index contributed by atoms with van der Waals surface area (Å²) in [5, 5.41) is 4.98. The highest BCUT2D eigenvalue weighted by Gasteiger charge is 2.20. The van der Waals surface area contributed by atoms with Crippen LogP contribution in [-0.2, 0) is 6.42 Å². The number of amides is 1. The van der Waals surface area contributed by atoms with Gasteiger partial charge in [0.25, 0.3) is 5.91 Å². The smallest absolute Gasteiger partial charge is 0.251 e. The molecule has 0 bridgehead atoms. The average molecular weight is 314 g/mol. The van der Waals surface area contributed by atoms with Gasteiger partial charge in [-0.05, 0) is 41.1 Å². The van der Waals surface area contributed by atoms with Crippen LogP contribution < -0.4 is 11.1 Å². The van der Waals surface area contributed by atoms with Crippen LogP contribution in [-0.4, -0.2) is 12.5 Å². The van der Waals surface area contributed by atoms with Crippen molar-refractivity contribution >= 4 is 38.0 Å². The zero-order chi connectivity index (χ0) is 14.4. The Kier molecular flexibility index (Phi) is 3.06. The van der Waals surface area contributed by atoms with Crippen molar-refractivity contribution in [2.45, 2.75) is 12.5 Å². The van der Waals surface area contributed by atoms with Gasteiger partial charge in [0, 0.05) is 26.4 Å². The molecule has 0 aliphatic carbocycles. The van der Waals surface area contributed by atoms with Gasteiger partial charge in [0.05, 0.1) is 6.04 Å². The van der Waals surface area contributed by atoms with Gasteiger partial charge in [-0.3, -0.25) is 4.79 Å². The third-order valence-corrected chi connectivity index (χ3v) is 6.06. The van der Waals surface area contributed by atoms with Crippen LogP contribution in [0.5, 0.6) is 0 Å². The highest BCUT2D eigenvalue weighted by molar-refractivity contribution is 7.27.